The Morgan fingerprint density at radius 1 is 0.263 bits per heavy atom. The van der Waals surface area contributed by atoms with Crippen molar-refractivity contribution in [2.75, 3.05) is 71.0 Å². The van der Waals surface area contributed by atoms with Gasteiger partial charge in [-0.25, -0.2) is 19.2 Å². The number of fused-ring (bicyclic) bond motifs is 8. The fourth-order valence-corrected chi connectivity index (χ4v) is 9.49. The normalized spacial score (nSPS) is 11.4. The third-order valence-corrected chi connectivity index (χ3v) is 12.5. The zero-order valence-corrected chi connectivity index (χ0v) is 42.3. The predicted molar refractivity (Wildman–Crippen MR) is 300 cm³/mol. The van der Waals surface area contributed by atoms with Gasteiger partial charge < -0.3 is 61.5 Å². The number of methoxy groups -OCH3 is 4. The summed E-state index contributed by atoms with van der Waals surface area (Å²) < 4.78 is 25.2. The number of urea groups is 4. The molecule has 0 spiro atoms. The van der Waals surface area contributed by atoms with Gasteiger partial charge in [-0.3, -0.25) is 0 Å². The number of nitrogens with one attached hydrogen (secondary N) is 8. The van der Waals surface area contributed by atoms with E-state index in [1.165, 1.54) is 0 Å². The minimum atomic E-state index is -0.470. The summed E-state index contributed by atoms with van der Waals surface area (Å²) >= 11 is 0. The Morgan fingerprint density at radius 3 is 0.579 bits per heavy atom. The third-order valence-electron chi connectivity index (χ3n) is 12.5. The lowest BCUT2D eigenvalue weighted by molar-refractivity contribution is 0.261. The van der Waals surface area contributed by atoms with Crippen molar-refractivity contribution in [2.45, 2.75) is 25.7 Å². The molecule has 0 unspecified atom stereocenters. The second-order valence-corrected chi connectivity index (χ2v) is 17.8. The van der Waals surface area contributed by atoms with Crippen molar-refractivity contribution in [1.82, 2.24) is 0 Å². The van der Waals surface area contributed by atoms with Crippen LogP contribution in [0.25, 0.3) is 0 Å². The fourth-order valence-electron chi connectivity index (χ4n) is 9.49. The van der Waals surface area contributed by atoms with Gasteiger partial charge in [-0.2, -0.15) is 0 Å². The zero-order chi connectivity index (χ0) is 53.0. The molecule has 0 saturated carbocycles. The number of rotatable bonds is 12. The lowest BCUT2D eigenvalue weighted by atomic mass is 9.90. The number of amides is 8. The van der Waals surface area contributed by atoms with Crippen molar-refractivity contribution in [3.8, 4) is 23.0 Å². The molecule has 8 aromatic rings. The maximum atomic E-state index is 13.7. The highest BCUT2D eigenvalue weighted by Gasteiger charge is 2.25. The molecular weight excluding hydrogens is 961 g/mol. The molecule has 8 bridgehead atoms. The van der Waals surface area contributed by atoms with E-state index in [4.69, 9.17) is 18.9 Å². The summed E-state index contributed by atoms with van der Waals surface area (Å²) in [4.78, 5) is 54.9. The van der Waals surface area contributed by atoms with E-state index in [2.05, 4.69) is 42.5 Å². The molecule has 0 aromatic heterocycles. The lowest BCUT2D eigenvalue weighted by Gasteiger charge is -2.23. The first-order chi connectivity index (χ1) is 37.0. The summed E-state index contributed by atoms with van der Waals surface area (Å²) in [6.45, 7) is 0. The number of benzene rings is 8. The van der Waals surface area contributed by atoms with Crippen LogP contribution in [0.1, 0.15) is 44.5 Å². The topological polar surface area (TPSA) is 201 Å². The van der Waals surface area contributed by atoms with Crippen LogP contribution in [0, 0.1) is 0 Å². The first-order valence-corrected chi connectivity index (χ1v) is 24.4. The van der Waals surface area contributed by atoms with Crippen LogP contribution in [0.15, 0.2) is 170 Å². The van der Waals surface area contributed by atoms with E-state index in [1.54, 1.807) is 77.0 Å². The monoisotopic (exact) mass is 1020 g/mol. The summed E-state index contributed by atoms with van der Waals surface area (Å²) in [7, 11) is 6.35. The molecule has 1 aliphatic rings. The number of carbonyl (C=O) groups excluding carboxylic acids is 4. The Morgan fingerprint density at radius 2 is 0.421 bits per heavy atom. The molecule has 8 aromatic carbocycles. The molecule has 384 valence electrons. The summed E-state index contributed by atoms with van der Waals surface area (Å²) in [5.41, 5.74) is 9.61. The molecule has 9 rings (SSSR count). The summed E-state index contributed by atoms with van der Waals surface area (Å²) in [5, 5.41) is 23.8. The standard InChI is InChI=1S/C60H56N8O8/c1-73-53-37-25-39-31-50(66-58(70)62-46-19-11-6-12-20-46)33-41(54(39)74-2)27-43-35-52(68-60(72)64-48-23-15-8-16-24-48)36-44(56(43)76-4)28-42-34-51(67-59(71)63-47-21-13-7-14-22-47)32-40(55(42)75-3)26-38(53)30-49(29-37)65-57(69)61-45-17-9-5-10-18-45/h5-24,29-36H,25-28H2,1-4H3,(H2,61,65,69)(H2,62,66,70)(H2,63,67,71)(H2,64,68,72). The number of hydrogen-bond acceptors (Lipinski definition) is 8. The largest absolute Gasteiger partial charge is 0.496 e. The van der Waals surface area contributed by atoms with Gasteiger partial charge in [-0.05, 0) is 97.1 Å². The number of hydrogen-bond donors (Lipinski definition) is 8. The first-order valence-electron chi connectivity index (χ1n) is 24.4. The SMILES string of the molecule is COc1c2cc(NC(=O)Nc3ccccc3)cc1Cc1cc(NC(=O)Nc3ccccc3)cc(c1OC)Cc1cc(NC(=O)Nc3ccccc3)cc(c1OC)Cc1cc(NC(=O)Nc3ccccc3)cc(c1OC)C2. The zero-order valence-electron chi connectivity index (χ0n) is 42.3. The van der Waals surface area contributed by atoms with Gasteiger partial charge in [0.2, 0.25) is 0 Å². The maximum Gasteiger partial charge on any atom is 0.323 e. The Balaban J connectivity index is 1.23. The van der Waals surface area contributed by atoms with Gasteiger partial charge in [0.1, 0.15) is 23.0 Å². The van der Waals surface area contributed by atoms with Crippen molar-refractivity contribution in [3.63, 3.8) is 0 Å². The van der Waals surface area contributed by atoms with Gasteiger partial charge in [0, 0.05) is 116 Å². The highest BCUT2D eigenvalue weighted by molar-refractivity contribution is 6.02. The van der Waals surface area contributed by atoms with Crippen LogP contribution in [0.4, 0.5) is 64.7 Å². The van der Waals surface area contributed by atoms with Gasteiger partial charge in [0.05, 0.1) is 28.4 Å². The van der Waals surface area contributed by atoms with E-state index >= 15 is 0 Å². The van der Waals surface area contributed by atoms with Crippen LogP contribution in [0.2, 0.25) is 0 Å². The van der Waals surface area contributed by atoms with Crippen LogP contribution in [0.5, 0.6) is 23.0 Å². The molecule has 0 heterocycles. The molecular formula is C60H56N8O8. The average Bonchev–Trinajstić information content (AvgIpc) is 3.39. The number of anilines is 8. The van der Waals surface area contributed by atoms with Crippen LogP contribution in [-0.4, -0.2) is 52.6 Å². The number of ether oxygens (including phenoxy) is 4. The molecule has 16 heteroatoms. The molecule has 0 aliphatic heterocycles. The van der Waals surface area contributed by atoms with Gasteiger partial charge in [0.15, 0.2) is 0 Å². The molecule has 0 fully saturated rings. The second kappa shape index (κ2) is 23.7. The highest BCUT2D eigenvalue weighted by atomic mass is 16.5. The Labute approximate surface area is 440 Å². The highest BCUT2D eigenvalue weighted by Crippen LogP contribution is 2.42. The molecule has 0 radical (unpaired) electrons. The van der Waals surface area contributed by atoms with Gasteiger partial charge >= 0.3 is 24.1 Å². The summed E-state index contributed by atoms with van der Waals surface area (Å²) in [6.07, 6.45) is 0.743. The number of para-hydroxylation sites is 4. The van der Waals surface area contributed by atoms with E-state index in [1.807, 2.05) is 121 Å². The van der Waals surface area contributed by atoms with Crippen molar-refractivity contribution in [1.29, 1.82) is 0 Å². The minimum Gasteiger partial charge on any atom is -0.496 e. The van der Waals surface area contributed by atoms with E-state index < -0.39 is 24.1 Å². The first kappa shape index (κ1) is 51.0. The second-order valence-electron chi connectivity index (χ2n) is 17.8. The smallest absolute Gasteiger partial charge is 0.323 e. The van der Waals surface area contributed by atoms with Gasteiger partial charge in [-0.1, -0.05) is 72.8 Å². The van der Waals surface area contributed by atoms with Gasteiger partial charge in [-0.15, -0.1) is 0 Å². The van der Waals surface area contributed by atoms with Crippen molar-refractivity contribution in [2.24, 2.45) is 0 Å². The number of carbonyl (C=O) groups is 4. The molecule has 16 nitrogen and oxygen atoms in total. The Hall–Kier alpha value is -9.96. The molecule has 8 N–H and O–H groups in total. The quantitative estimate of drug-likeness (QED) is 0.0590. The molecule has 76 heavy (non-hydrogen) atoms. The Kier molecular flexibility index (Phi) is 15.9. The fraction of sp³-hybridized carbons (Fsp3) is 0.133. The summed E-state index contributed by atoms with van der Waals surface area (Å²) in [5.74, 6) is 2.07. The Bertz CT molecular complexity index is 2850. The van der Waals surface area contributed by atoms with Crippen LogP contribution in [-0.2, 0) is 25.7 Å². The minimum absolute atomic E-state index is 0.186. The summed E-state index contributed by atoms with van der Waals surface area (Å²) in [6, 6.07) is 49.3. The van der Waals surface area contributed by atoms with Crippen molar-refractivity contribution in [3.05, 3.63) is 214 Å². The van der Waals surface area contributed by atoms with E-state index in [0.29, 0.717) is 113 Å². The van der Waals surface area contributed by atoms with Crippen LogP contribution in [0.3, 0.4) is 0 Å². The molecule has 0 saturated heterocycles. The van der Waals surface area contributed by atoms with Crippen molar-refractivity contribution < 1.29 is 38.1 Å². The van der Waals surface area contributed by atoms with Crippen LogP contribution < -0.4 is 61.5 Å². The van der Waals surface area contributed by atoms with Crippen LogP contribution >= 0.6 is 0 Å². The maximum absolute atomic E-state index is 13.7. The van der Waals surface area contributed by atoms with Gasteiger partial charge in [0.25, 0.3) is 0 Å². The van der Waals surface area contributed by atoms with E-state index in [0.717, 1.165) is 0 Å². The van der Waals surface area contributed by atoms with Crippen molar-refractivity contribution >= 4 is 69.6 Å². The van der Waals surface area contributed by atoms with E-state index in [9.17, 15) is 19.2 Å². The molecule has 1 aliphatic carbocycles. The molecule has 8 amide bonds. The average molecular weight is 1020 g/mol. The third kappa shape index (κ3) is 12.6. The lowest BCUT2D eigenvalue weighted by Crippen LogP contribution is -2.20. The predicted octanol–water partition coefficient (Wildman–Crippen LogP) is 13.0. The van der Waals surface area contributed by atoms with E-state index in [-0.39, 0.29) is 25.7 Å². The molecule has 0 atom stereocenters.